The van der Waals surface area contributed by atoms with Gasteiger partial charge in [-0.2, -0.15) is 21.6 Å². The molecule has 3 aromatic rings. The van der Waals surface area contributed by atoms with Crippen LogP contribution in [-0.2, 0) is 10.1 Å². The molecule has 6 nitrogen and oxygen atoms in total. The van der Waals surface area contributed by atoms with Crippen LogP contribution in [-0.4, -0.2) is 19.5 Å². The molecule has 0 N–H and O–H groups in total. The summed E-state index contributed by atoms with van der Waals surface area (Å²) in [6.45, 7) is 3.78. The lowest BCUT2D eigenvalue weighted by Crippen LogP contribution is -2.28. The van der Waals surface area contributed by atoms with Crippen LogP contribution in [0.1, 0.15) is 19.4 Å². The average molecular weight is 452 g/mol. The molecule has 0 saturated carbocycles. The molecule has 1 aliphatic heterocycles. The predicted octanol–water partition coefficient (Wildman–Crippen LogP) is 4.87. The molecule has 0 radical (unpaired) electrons. The summed E-state index contributed by atoms with van der Waals surface area (Å²) in [5.41, 5.74) is -4.96. The first kappa shape index (κ1) is 21.0. The van der Waals surface area contributed by atoms with Gasteiger partial charge in [0, 0.05) is 0 Å². The molecule has 162 valence electrons. The van der Waals surface area contributed by atoms with Gasteiger partial charge in [0.05, 0.1) is 16.5 Å². The van der Waals surface area contributed by atoms with Gasteiger partial charge < -0.3 is 13.3 Å². The highest BCUT2D eigenvalue weighted by molar-refractivity contribution is 7.88. The van der Waals surface area contributed by atoms with Crippen LogP contribution in [0.2, 0.25) is 0 Å². The van der Waals surface area contributed by atoms with E-state index in [1.807, 2.05) is 26.0 Å². The fourth-order valence-electron chi connectivity index (χ4n) is 3.12. The lowest BCUT2D eigenvalue weighted by atomic mass is 9.99. The number of rotatable bonds is 3. The van der Waals surface area contributed by atoms with Crippen LogP contribution in [0.15, 0.2) is 57.9 Å². The topological polar surface area (TPSA) is 82.8 Å². The second-order valence-electron chi connectivity index (χ2n) is 7.38. The SMILES string of the molecule is CC1(C)C=Cc2c(ccc3c(=O)c(-c4ccc(OS(=O)(=O)C(F)(F)F)cc4)coc23)O1. The molecule has 0 fully saturated rings. The van der Waals surface area contributed by atoms with Crippen molar-refractivity contribution >= 4 is 27.2 Å². The molecule has 0 spiro atoms. The molecule has 31 heavy (non-hydrogen) atoms. The number of ether oxygens (including phenoxy) is 1. The lowest BCUT2D eigenvalue weighted by Gasteiger charge is -2.27. The zero-order valence-electron chi connectivity index (χ0n) is 16.2. The maximum atomic E-state index is 13.0. The minimum atomic E-state index is -5.78. The van der Waals surface area contributed by atoms with E-state index < -0.39 is 27.0 Å². The van der Waals surface area contributed by atoms with Gasteiger partial charge in [0.2, 0.25) is 5.43 Å². The molecule has 0 saturated heterocycles. The Kier molecular flexibility index (Phi) is 4.65. The van der Waals surface area contributed by atoms with Crippen LogP contribution in [0.3, 0.4) is 0 Å². The Bertz CT molecular complexity index is 1370. The number of hydrogen-bond acceptors (Lipinski definition) is 6. The zero-order valence-corrected chi connectivity index (χ0v) is 17.0. The minimum Gasteiger partial charge on any atom is -0.483 e. The van der Waals surface area contributed by atoms with Gasteiger partial charge in [-0.25, -0.2) is 0 Å². The van der Waals surface area contributed by atoms with E-state index in [2.05, 4.69) is 4.18 Å². The summed E-state index contributed by atoms with van der Waals surface area (Å²) in [7, 11) is -5.78. The van der Waals surface area contributed by atoms with Gasteiger partial charge in [-0.05, 0) is 55.8 Å². The van der Waals surface area contributed by atoms with Gasteiger partial charge in [-0.3, -0.25) is 4.79 Å². The number of benzene rings is 2. The Morgan fingerprint density at radius 2 is 1.71 bits per heavy atom. The molecule has 0 aliphatic carbocycles. The van der Waals surface area contributed by atoms with Crippen molar-refractivity contribution in [2.24, 2.45) is 0 Å². The number of hydrogen-bond donors (Lipinski definition) is 0. The van der Waals surface area contributed by atoms with Gasteiger partial charge >= 0.3 is 15.6 Å². The Morgan fingerprint density at radius 1 is 1.03 bits per heavy atom. The van der Waals surface area contributed by atoms with Crippen molar-refractivity contribution in [1.82, 2.24) is 0 Å². The zero-order chi connectivity index (χ0) is 22.6. The summed E-state index contributed by atoms with van der Waals surface area (Å²) < 4.78 is 75.2. The van der Waals surface area contributed by atoms with Gasteiger partial charge in [0.1, 0.15) is 28.9 Å². The second kappa shape index (κ2) is 6.88. The average Bonchev–Trinajstić information content (AvgIpc) is 2.67. The summed E-state index contributed by atoms with van der Waals surface area (Å²) in [6.07, 6.45) is 4.90. The predicted molar refractivity (Wildman–Crippen MR) is 107 cm³/mol. The Balaban J connectivity index is 1.71. The van der Waals surface area contributed by atoms with Gasteiger partial charge in [-0.1, -0.05) is 12.1 Å². The maximum absolute atomic E-state index is 13.0. The number of alkyl halides is 3. The molecular formula is C21H15F3O6S. The number of halogens is 3. The summed E-state index contributed by atoms with van der Waals surface area (Å²) in [5, 5.41) is 0.296. The first-order chi connectivity index (χ1) is 14.4. The van der Waals surface area contributed by atoms with Crippen LogP contribution in [0, 0.1) is 0 Å². The van der Waals surface area contributed by atoms with Gasteiger partial charge in [0.15, 0.2) is 0 Å². The first-order valence-electron chi connectivity index (χ1n) is 8.96. The van der Waals surface area contributed by atoms with E-state index in [0.29, 0.717) is 27.8 Å². The van der Waals surface area contributed by atoms with Crippen molar-refractivity contribution in [3.05, 3.63) is 64.5 Å². The van der Waals surface area contributed by atoms with Crippen molar-refractivity contribution in [2.75, 3.05) is 0 Å². The fourth-order valence-corrected chi connectivity index (χ4v) is 3.57. The van der Waals surface area contributed by atoms with Crippen molar-refractivity contribution in [2.45, 2.75) is 25.0 Å². The summed E-state index contributed by atoms with van der Waals surface area (Å²) in [5.74, 6) is 0.0356. The molecular weight excluding hydrogens is 437 g/mol. The van der Waals surface area contributed by atoms with E-state index in [1.165, 1.54) is 18.4 Å². The third-order valence-electron chi connectivity index (χ3n) is 4.62. The van der Waals surface area contributed by atoms with Crippen LogP contribution in [0.4, 0.5) is 13.2 Å². The van der Waals surface area contributed by atoms with E-state index >= 15 is 0 Å². The molecule has 4 rings (SSSR count). The van der Waals surface area contributed by atoms with Crippen LogP contribution in [0.25, 0.3) is 28.2 Å². The van der Waals surface area contributed by atoms with E-state index in [4.69, 9.17) is 9.15 Å². The van der Waals surface area contributed by atoms with E-state index in [-0.39, 0.29) is 11.0 Å². The molecule has 1 aromatic heterocycles. The first-order valence-corrected chi connectivity index (χ1v) is 10.4. The van der Waals surface area contributed by atoms with E-state index in [0.717, 1.165) is 12.1 Å². The molecule has 10 heteroatoms. The molecule has 0 unspecified atom stereocenters. The van der Waals surface area contributed by atoms with E-state index in [9.17, 15) is 26.4 Å². The number of fused-ring (bicyclic) bond motifs is 3. The van der Waals surface area contributed by atoms with Gasteiger partial charge in [-0.15, -0.1) is 0 Å². The van der Waals surface area contributed by atoms with Crippen molar-refractivity contribution in [1.29, 1.82) is 0 Å². The highest BCUT2D eigenvalue weighted by atomic mass is 32.2. The second-order valence-corrected chi connectivity index (χ2v) is 8.92. The molecule has 0 amide bonds. The minimum absolute atomic E-state index is 0.152. The highest BCUT2D eigenvalue weighted by Crippen LogP contribution is 2.36. The largest absolute Gasteiger partial charge is 0.534 e. The summed E-state index contributed by atoms with van der Waals surface area (Å²) in [6, 6.07) is 7.82. The standard InChI is InChI=1S/C21H15F3O6S/c1-20(2)10-9-14-17(29-20)8-7-15-18(25)16(11-28-19(14)15)12-3-5-13(6-4-12)30-31(26,27)21(22,23)24/h3-11H,1-2H3. The third kappa shape index (κ3) is 3.78. The summed E-state index contributed by atoms with van der Waals surface area (Å²) in [4.78, 5) is 13.0. The Hall–Kier alpha value is -3.27. The quantitative estimate of drug-likeness (QED) is 0.416. The smallest absolute Gasteiger partial charge is 0.483 e. The molecule has 2 heterocycles. The van der Waals surface area contributed by atoms with E-state index in [1.54, 1.807) is 12.1 Å². The molecule has 0 bridgehead atoms. The maximum Gasteiger partial charge on any atom is 0.534 e. The van der Waals surface area contributed by atoms with Crippen molar-refractivity contribution < 1.29 is 34.9 Å². The monoisotopic (exact) mass is 452 g/mol. The highest BCUT2D eigenvalue weighted by Gasteiger charge is 2.48. The fraction of sp³-hybridized carbons (Fsp3) is 0.190. The summed E-state index contributed by atoms with van der Waals surface area (Å²) >= 11 is 0. The Morgan fingerprint density at radius 3 is 2.35 bits per heavy atom. The lowest BCUT2D eigenvalue weighted by molar-refractivity contribution is -0.0500. The van der Waals surface area contributed by atoms with Gasteiger partial charge in [0.25, 0.3) is 0 Å². The van der Waals surface area contributed by atoms with Crippen LogP contribution < -0.4 is 14.3 Å². The molecule has 0 atom stereocenters. The third-order valence-corrected chi connectivity index (χ3v) is 5.60. The Labute approximate surface area is 174 Å². The molecule has 2 aromatic carbocycles. The van der Waals surface area contributed by atoms with Crippen LogP contribution in [0.5, 0.6) is 11.5 Å². The van der Waals surface area contributed by atoms with Crippen LogP contribution >= 0.6 is 0 Å². The molecule has 1 aliphatic rings. The normalized spacial score (nSPS) is 15.4. The van der Waals surface area contributed by atoms with Crippen molar-refractivity contribution in [3.8, 4) is 22.6 Å². The van der Waals surface area contributed by atoms with Crippen molar-refractivity contribution in [3.63, 3.8) is 0 Å².